The highest BCUT2D eigenvalue weighted by Gasteiger charge is 1.92. The highest BCUT2D eigenvalue weighted by atomic mass is 16.3. The minimum absolute atomic E-state index is 0.856. The van der Waals surface area contributed by atoms with Gasteiger partial charge in [0.05, 0.1) is 6.26 Å². The number of nitrogens with zero attached hydrogens (tertiary/aromatic N) is 1. The summed E-state index contributed by atoms with van der Waals surface area (Å²) in [6.45, 7) is 7.30. The zero-order chi connectivity index (χ0) is 8.27. The van der Waals surface area contributed by atoms with Crippen LogP contribution in [0.15, 0.2) is 15.7 Å². The molecule has 0 aliphatic carbocycles. The van der Waals surface area contributed by atoms with Gasteiger partial charge in [0, 0.05) is 11.4 Å². The van der Waals surface area contributed by atoms with E-state index in [1.54, 1.807) is 12.5 Å². The predicted octanol–water partition coefficient (Wildman–Crippen LogP) is 0.827. The monoisotopic (exact) mass is 149 g/mol. The largest absolute Gasteiger partial charge is 0.464 e. The molecule has 58 valence electrons. The van der Waals surface area contributed by atoms with Gasteiger partial charge in [-0.05, 0) is 32.2 Å². The Hall–Kier alpha value is -1.31. The maximum absolute atomic E-state index is 5.22. The molecule has 11 heavy (non-hydrogen) atoms. The molecule has 0 aliphatic rings. The Kier molecular flexibility index (Phi) is 2.26. The molecule has 0 atom stereocenters. The first-order valence-electron chi connectivity index (χ1n) is 3.46. The van der Waals surface area contributed by atoms with Gasteiger partial charge in [0.2, 0.25) is 0 Å². The molecule has 0 aliphatic heterocycles. The highest BCUT2D eigenvalue weighted by molar-refractivity contribution is 5.38. The number of aliphatic imine (C=N–C) groups is 1. The van der Waals surface area contributed by atoms with E-state index in [1.165, 1.54) is 0 Å². The Bertz CT molecular complexity index is 359. The fourth-order valence-corrected chi connectivity index (χ4v) is 0.953. The van der Waals surface area contributed by atoms with Gasteiger partial charge in [-0.1, -0.05) is 0 Å². The molecule has 0 fully saturated rings. The van der Waals surface area contributed by atoms with Crippen molar-refractivity contribution in [2.45, 2.75) is 13.8 Å². The first-order valence-corrected chi connectivity index (χ1v) is 3.46. The second-order valence-electron chi connectivity index (χ2n) is 2.30. The Morgan fingerprint density at radius 1 is 1.64 bits per heavy atom. The Labute approximate surface area is 65.6 Å². The van der Waals surface area contributed by atoms with Crippen molar-refractivity contribution in [3.8, 4) is 0 Å². The standard InChI is InChI=1S/C9H11NO/c1-4-9-8(5-10-3)7(2)6-11-9/h4-6H,3H2,1-2H3/b8-5-,9-4+. The van der Waals surface area contributed by atoms with Crippen LogP contribution in [0.2, 0.25) is 0 Å². The highest BCUT2D eigenvalue weighted by Crippen LogP contribution is 1.83. The third kappa shape index (κ3) is 1.40. The van der Waals surface area contributed by atoms with Gasteiger partial charge in [-0.2, -0.15) is 0 Å². The molecule has 0 radical (unpaired) electrons. The minimum atomic E-state index is 0.856. The van der Waals surface area contributed by atoms with Crippen LogP contribution in [0.25, 0.3) is 12.3 Å². The lowest BCUT2D eigenvalue weighted by molar-refractivity contribution is 0.529. The van der Waals surface area contributed by atoms with Crippen molar-refractivity contribution >= 4 is 19.0 Å². The minimum Gasteiger partial charge on any atom is -0.464 e. The van der Waals surface area contributed by atoms with Gasteiger partial charge in [0.25, 0.3) is 0 Å². The van der Waals surface area contributed by atoms with Crippen LogP contribution in [0.5, 0.6) is 0 Å². The van der Waals surface area contributed by atoms with Crippen LogP contribution >= 0.6 is 0 Å². The quantitative estimate of drug-likeness (QED) is 0.543. The zero-order valence-electron chi connectivity index (χ0n) is 6.79. The third-order valence-corrected chi connectivity index (χ3v) is 1.54. The Morgan fingerprint density at radius 2 is 2.36 bits per heavy atom. The van der Waals surface area contributed by atoms with E-state index in [9.17, 15) is 0 Å². The van der Waals surface area contributed by atoms with E-state index in [2.05, 4.69) is 11.7 Å². The maximum atomic E-state index is 5.22. The van der Waals surface area contributed by atoms with Gasteiger partial charge in [-0.25, -0.2) is 0 Å². The van der Waals surface area contributed by atoms with E-state index in [0.717, 1.165) is 16.2 Å². The van der Waals surface area contributed by atoms with Crippen molar-refractivity contribution in [3.63, 3.8) is 0 Å². The molecule has 0 bridgehead atoms. The van der Waals surface area contributed by atoms with E-state index in [1.807, 2.05) is 19.9 Å². The molecule has 1 heterocycles. The van der Waals surface area contributed by atoms with Gasteiger partial charge in [0.15, 0.2) is 0 Å². The topological polar surface area (TPSA) is 25.5 Å². The smallest absolute Gasteiger partial charge is 0.131 e. The first kappa shape index (κ1) is 7.79. The van der Waals surface area contributed by atoms with E-state index >= 15 is 0 Å². The van der Waals surface area contributed by atoms with Gasteiger partial charge in [-0.3, -0.25) is 4.99 Å². The molecule has 0 N–H and O–H groups in total. The van der Waals surface area contributed by atoms with Crippen LogP contribution in [-0.2, 0) is 0 Å². The van der Waals surface area contributed by atoms with E-state index in [4.69, 9.17) is 4.42 Å². The van der Waals surface area contributed by atoms with Crippen molar-refractivity contribution < 1.29 is 4.42 Å². The van der Waals surface area contributed by atoms with Crippen LogP contribution in [0, 0.1) is 6.92 Å². The lowest BCUT2D eigenvalue weighted by Crippen LogP contribution is -2.20. The number of aryl methyl sites for hydroxylation is 1. The predicted molar refractivity (Wildman–Crippen MR) is 46.8 cm³/mol. The molecule has 0 aromatic carbocycles. The molecule has 1 aromatic heterocycles. The number of hydrogen-bond acceptors (Lipinski definition) is 2. The number of furan rings is 1. The van der Waals surface area contributed by atoms with Gasteiger partial charge in [-0.15, -0.1) is 0 Å². The molecule has 2 nitrogen and oxygen atoms in total. The van der Waals surface area contributed by atoms with Crippen LogP contribution in [0.1, 0.15) is 12.5 Å². The third-order valence-electron chi connectivity index (χ3n) is 1.54. The number of rotatable bonds is 1. The van der Waals surface area contributed by atoms with Crippen LogP contribution < -0.4 is 10.6 Å². The van der Waals surface area contributed by atoms with Crippen molar-refractivity contribution in [3.05, 3.63) is 22.5 Å². The normalized spacial score (nSPS) is 14.0. The molecule has 0 amide bonds. The molecule has 0 saturated carbocycles. The van der Waals surface area contributed by atoms with Crippen molar-refractivity contribution in [1.82, 2.24) is 0 Å². The average molecular weight is 149 g/mol. The SMILES string of the molecule is C=N/C=c1/c(C)co/c1=C/C. The second-order valence-corrected chi connectivity index (χ2v) is 2.30. The average Bonchev–Trinajstić information content (AvgIpc) is 2.34. The summed E-state index contributed by atoms with van der Waals surface area (Å²) in [5.41, 5.74) is 1.94. The van der Waals surface area contributed by atoms with Gasteiger partial charge < -0.3 is 4.42 Å². The van der Waals surface area contributed by atoms with E-state index in [0.29, 0.717) is 0 Å². The summed E-state index contributed by atoms with van der Waals surface area (Å²) in [5, 5.41) is 1.02. The zero-order valence-corrected chi connectivity index (χ0v) is 6.79. The fourth-order valence-electron chi connectivity index (χ4n) is 0.953. The van der Waals surface area contributed by atoms with Crippen molar-refractivity contribution in [2.24, 2.45) is 4.99 Å². The molecule has 0 unspecified atom stereocenters. The molecule has 2 heteroatoms. The van der Waals surface area contributed by atoms with Gasteiger partial charge in [0.1, 0.15) is 5.42 Å². The Morgan fingerprint density at radius 3 is 2.91 bits per heavy atom. The Balaban J connectivity index is 3.54. The summed E-state index contributed by atoms with van der Waals surface area (Å²) >= 11 is 0. The van der Waals surface area contributed by atoms with Gasteiger partial charge >= 0.3 is 0 Å². The fraction of sp³-hybridized carbons (Fsp3) is 0.222. The maximum Gasteiger partial charge on any atom is 0.131 e. The summed E-state index contributed by atoms with van der Waals surface area (Å²) in [7, 11) is 0. The summed E-state index contributed by atoms with van der Waals surface area (Å²) in [4.78, 5) is 3.69. The lowest BCUT2D eigenvalue weighted by atomic mass is 10.3. The molecule has 0 saturated heterocycles. The van der Waals surface area contributed by atoms with E-state index in [-0.39, 0.29) is 0 Å². The molecular weight excluding hydrogens is 138 g/mol. The van der Waals surface area contributed by atoms with E-state index < -0.39 is 0 Å². The number of hydrogen-bond donors (Lipinski definition) is 0. The van der Waals surface area contributed by atoms with Crippen LogP contribution in [0.4, 0.5) is 0 Å². The molecule has 1 aromatic rings. The molecular formula is C9H11NO. The van der Waals surface area contributed by atoms with Crippen LogP contribution in [0.3, 0.4) is 0 Å². The molecule has 1 rings (SSSR count). The second kappa shape index (κ2) is 3.19. The summed E-state index contributed by atoms with van der Waals surface area (Å²) < 4.78 is 5.22. The van der Waals surface area contributed by atoms with Crippen LogP contribution in [-0.4, -0.2) is 6.72 Å². The summed E-state index contributed by atoms with van der Waals surface area (Å²) in [5.74, 6) is 0. The first-order chi connectivity index (χ1) is 5.29. The lowest BCUT2D eigenvalue weighted by Gasteiger charge is -1.77. The van der Waals surface area contributed by atoms with Crippen molar-refractivity contribution in [1.29, 1.82) is 0 Å². The summed E-state index contributed by atoms with van der Waals surface area (Å²) in [6.07, 6.45) is 5.32. The van der Waals surface area contributed by atoms with Crippen molar-refractivity contribution in [2.75, 3.05) is 0 Å². The summed E-state index contributed by atoms with van der Waals surface area (Å²) in [6, 6.07) is 0. The molecule has 0 spiro atoms.